The molecule has 32 heavy (non-hydrogen) atoms. The van der Waals surface area contributed by atoms with Gasteiger partial charge in [0.25, 0.3) is 5.56 Å². The zero-order chi connectivity index (χ0) is 23.0. The number of nitrogens with zero attached hydrogens (tertiary/aromatic N) is 2. The van der Waals surface area contributed by atoms with Crippen LogP contribution in [0.3, 0.4) is 0 Å². The molecule has 0 fully saturated rings. The van der Waals surface area contributed by atoms with Gasteiger partial charge in [0.05, 0.1) is 35.6 Å². The van der Waals surface area contributed by atoms with E-state index < -0.39 is 12.0 Å². The van der Waals surface area contributed by atoms with Crippen LogP contribution < -0.4 is 14.9 Å². The lowest BCUT2D eigenvalue weighted by Gasteiger charge is -2.24. The molecule has 6 nitrogen and oxygen atoms in total. The van der Waals surface area contributed by atoms with Gasteiger partial charge in [-0.15, -0.1) is 0 Å². The zero-order valence-corrected chi connectivity index (χ0v) is 22.3. The van der Waals surface area contributed by atoms with Crippen LogP contribution in [-0.4, -0.2) is 22.2 Å². The molecule has 9 heteroatoms. The molecule has 164 valence electrons. The minimum absolute atomic E-state index is 0.226. The Balaban J connectivity index is 1.96. The van der Waals surface area contributed by atoms with E-state index in [2.05, 4.69) is 50.2 Å². The van der Waals surface area contributed by atoms with Gasteiger partial charge in [0.2, 0.25) is 0 Å². The molecule has 0 radical (unpaired) electrons. The van der Waals surface area contributed by atoms with Gasteiger partial charge in [0.15, 0.2) is 4.80 Å². The summed E-state index contributed by atoms with van der Waals surface area (Å²) in [4.78, 5) is 31.5. The molecule has 1 N–H and O–H groups in total. The second-order valence-electron chi connectivity index (χ2n) is 7.05. The first-order valence-electron chi connectivity index (χ1n) is 9.74. The zero-order valence-electron chi connectivity index (χ0n) is 17.1. The predicted molar refractivity (Wildman–Crippen MR) is 140 cm³/mol. The van der Waals surface area contributed by atoms with Crippen LogP contribution in [0.2, 0.25) is 0 Å². The highest BCUT2D eigenvalue weighted by molar-refractivity contribution is 14.1. The molecule has 1 aliphatic rings. The van der Waals surface area contributed by atoms with Crippen molar-refractivity contribution in [3.8, 4) is 5.75 Å². The fourth-order valence-corrected chi connectivity index (χ4v) is 6.42. The highest BCUT2D eigenvalue weighted by Gasteiger charge is 2.33. The second kappa shape index (κ2) is 9.48. The van der Waals surface area contributed by atoms with Crippen molar-refractivity contribution in [1.82, 2.24) is 4.57 Å². The van der Waals surface area contributed by atoms with E-state index >= 15 is 0 Å². The van der Waals surface area contributed by atoms with Crippen molar-refractivity contribution in [3.05, 3.63) is 91.7 Å². The van der Waals surface area contributed by atoms with Gasteiger partial charge < -0.3 is 9.84 Å². The summed E-state index contributed by atoms with van der Waals surface area (Å²) in [7, 11) is 0. The maximum atomic E-state index is 13.5. The third-order valence-corrected chi connectivity index (χ3v) is 7.60. The van der Waals surface area contributed by atoms with Gasteiger partial charge in [0.1, 0.15) is 5.75 Å². The van der Waals surface area contributed by atoms with Crippen molar-refractivity contribution in [2.24, 2.45) is 4.99 Å². The summed E-state index contributed by atoms with van der Waals surface area (Å²) in [5.74, 6) is -0.247. The molecule has 0 bridgehead atoms. The number of thiazole rings is 1. The largest absolute Gasteiger partial charge is 0.506 e. The minimum Gasteiger partial charge on any atom is -0.506 e. The predicted octanol–water partition coefficient (Wildman–Crippen LogP) is 3.71. The first-order valence-corrected chi connectivity index (χ1v) is 12.7. The van der Waals surface area contributed by atoms with Gasteiger partial charge in [-0.3, -0.25) is 9.36 Å². The van der Waals surface area contributed by atoms with E-state index in [1.165, 1.54) is 11.3 Å². The first kappa shape index (κ1) is 23.2. The molecule has 3 aromatic rings. The first-order chi connectivity index (χ1) is 15.3. The van der Waals surface area contributed by atoms with Gasteiger partial charge in [-0.25, -0.2) is 9.79 Å². The Morgan fingerprint density at radius 1 is 1.25 bits per heavy atom. The third kappa shape index (κ3) is 4.29. The monoisotopic (exact) mass is 672 g/mol. The Labute approximate surface area is 215 Å². The Kier molecular flexibility index (Phi) is 6.86. The van der Waals surface area contributed by atoms with Crippen LogP contribution in [0.4, 0.5) is 0 Å². The van der Waals surface area contributed by atoms with E-state index in [-0.39, 0.29) is 17.9 Å². The highest BCUT2D eigenvalue weighted by atomic mass is 127. The van der Waals surface area contributed by atoms with Crippen LogP contribution >= 0.6 is 56.5 Å². The van der Waals surface area contributed by atoms with E-state index in [0.717, 1.165) is 11.1 Å². The maximum Gasteiger partial charge on any atom is 0.338 e. The number of carbonyl (C=O) groups is 1. The number of phenols is 1. The van der Waals surface area contributed by atoms with E-state index in [4.69, 9.17) is 4.74 Å². The van der Waals surface area contributed by atoms with Crippen molar-refractivity contribution >= 4 is 68.6 Å². The fourth-order valence-electron chi connectivity index (χ4n) is 3.56. The molecule has 1 atom stereocenters. The van der Waals surface area contributed by atoms with Crippen LogP contribution in [0.25, 0.3) is 6.08 Å². The standard InChI is InChI=1S/C23H18I2N2O4S/c1-3-31-22(30)18-12(2)26-23-27(19(18)14-7-5-4-6-8-14)21(29)17(32-23)11-13-9-15(24)20(28)16(25)10-13/h4-11,19,28H,3H2,1-2H3/b17-11+/t19-/m0/s1. The number of hydrogen-bond donors (Lipinski definition) is 1. The molecule has 0 aliphatic carbocycles. The molecule has 2 heterocycles. The van der Waals surface area contributed by atoms with Crippen molar-refractivity contribution in [1.29, 1.82) is 0 Å². The quantitative estimate of drug-likeness (QED) is 0.339. The number of esters is 1. The number of ether oxygens (including phenoxy) is 1. The summed E-state index contributed by atoms with van der Waals surface area (Å²) in [6, 6.07) is 12.5. The number of fused-ring (bicyclic) bond motifs is 1. The summed E-state index contributed by atoms with van der Waals surface area (Å²) in [5, 5.41) is 10.0. The Morgan fingerprint density at radius 2 is 1.91 bits per heavy atom. The molecular formula is C23H18I2N2O4S. The van der Waals surface area contributed by atoms with Gasteiger partial charge in [-0.1, -0.05) is 41.7 Å². The van der Waals surface area contributed by atoms with E-state index in [1.54, 1.807) is 24.5 Å². The van der Waals surface area contributed by atoms with Crippen LogP contribution in [0, 0.1) is 7.14 Å². The summed E-state index contributed by atoms with van der Waals surface area (Å²) in [6.45, 7) is 3.75. The Hall–Kier alpha value is -1.99. The average Bonchev–Trinajstić information content (AvgIpc) is 3.06. The molecule has 4 rings (SSSR count). The number of allylic oxidation sites excluding steroid dienone is 1. The molecule has 1 aliphatic heterocycles. The number of hydrogen-bond acceptors (Lipinski definition) is 6. The molecule has 0 spiro atoms. The summed E-state index contributed by atoms with van der Waals surface area (Å²) in [6.07, 6.45) is 1.79. The normalized spacial score (nSPS) is 16.0. The van der Waals surface area contributed by atoms with Gasteiger partial charge >= 0.3 is 5.97 Å². The van der Waals surface area contributed by atoms with Crippen LogP contribution in [0.5, 0.6) is 5.75 Å². The third-order valence-electron chi connectivity index (χ3n) is 4.97. The number of aromatic nitrogens is 1. The van der Waals surface area contributed by atoms with Crippen LogP contribution in [-0.2, 0) is 9.53 Å². The number of carbonyl (C=O) groups excluding carboxylic acids is 1. The number of phenolic OH excluding ortho intramolecular Hbond substituents is 1. The second-order valence-corrected chi connectivity index (χ2v) is 10.4. The molecule has 1 aromatic heterocycles. The van der Waals surface area contributed by atoms with Crippen molar-refractivity contribution < 1.29 is 14.6 Å². The lowest BCUT2D eigenvalue weighted by atomic mass is 9.96. The Bertz CT molecular complexity index is 1400. The lowest BCUT2D eigenvalue weighted by molar-refractivity contribution is -0.139. The molecule has 0 saturated carbocycles. The maximum absolute atomic E-state index is 13.5. The van der Waals surface area contributed by atoms with Gasteiger partial charge in [-0.2, -0.15) is 0 Å². The molecular weight excluding hydrogens is 654 g/mol. The number of benzene rings is 2. The van der Waals surface area contributed by atoms with E-state index in [9.17, 15) is 14.7 Å². The topological polar surface area (TPSA) is 80.9 Å². The van der Waals surface area contributed by atoms with Gasteiger partial charge in [0, 0.05) is 0 Å². The van der Waals surface area contributed by atoms with Crippen molar-refractivity contribution in [3.63, 3.8) is 0 Å². The summed E-state index contributed by atoms with van der Waals surface area (Å²) in [5.41, 5.74) is 2.30. The van der Waals surface area contributed by atoms with Gasteiger partial charge in [-0.05, 0) is 88.4 Å². The van der Waals surface area contributed by atoms with Crippen LogP contribution in [0.15, 0.2) is 63.5 Å². The fraction of sp³-hybridized carbons (Fsp3) is 0.174. The molecule has 0 unspecified atom stereocenters. The van der Waals surface area contributed by atoms with E-state index in [0.29, 0.717) is 27.7 Å². The Morgan fingerprint density at radius 3 is 2.53 bits per heavy atom. The highest BCUT2D eigenvalue weighted by Crippen LogP contribution is 2.31. The van der Waals surface area contributed by atoms with E-state index in [1.807, 2.05) is 42.5 Å². The molecule has 0 saturated heterocycles. The smallest absolute Gasteiger partial charge is 0.338 e. The van der Waals surface area contributed by atoms with Crippen molar-refractivity contribution in [2.45, 2.75) is 19.9 Å². The summed E-state index contributed by atoms with van der Waals surface area (Å²) >= 11 is 5.40. The SMILES string of the molecule is CCOC(=O)C1=C(C)N=c2s/c(=C/c3cc(I)c(O)c(I)c3)c(=O)n2[C@H]1c1ccccc1. The van der Waals surface area contributed by atoms with Crippen molar-refractivity contribution in [2.75, 3.05) is 6.61 Å². The molecule has 2 aromatic carbocycles. The molecule has 0 amide bonds. The number of halogens is 2. The van der Waals surface area contributed by atoms with Crippen LogP contribution in [0.1, 0.15) is 31.0 Å². The summed E-state index contributed by atoms with van der Waals surface area (Å²) < 4.78 is 8.78. The lowest BCUT2D eigenvalue weighted by Crippen LogP contribution is -2.39. The number of rotatable bonds is 4. The minimum atomic E-state index is -0.617. The average molecular weight is 672 g/mol. The number of aromatic hydroxyl groups is 1.